The summed E-state index contributed by atoms with van der Waals surface area (Å²) in [5.74, 6) is -0.921. The topological polar surface area (TPSA) is 68.3 Å². The number of nitrogens with zero attached hydrogens (tertiary/aromatic N) is 1. The maximum atomic E-state index is 12.1. The molecule has 110 valence electrons. The Morgan fingerprint density at radius 2 is 2.19 bits per heavy atom. The molecule has 0 fully saturated rings. The molecule has 2 rings (SSSR count). The molecule has 0 aliphatic rings. The summed E-state index contributed by atoms with van der Waals surface area (Å²) in [7, 11) is 0. The Hall–Kier alpha value is -1.63. The van der Waals surface area contributed by atoms with Crippen molar-refractivity contribution < 1.29 is 14.3 Å². The van der Waals surface area contributed by atoms with E-state index in [9.17, 15) is 9.59 Å². The van der Waals surface area contributed by atoms with Crippen LogP contribution in [0.5, 0.6) is 0 Å². The monoisotopic (exact) mass is 344 g/mol. The van der Waals surface area contributed by atoms with Gasteiger partial charge in [-0.3, -0.25) is 4.79 Å². The first-order valence-corrected chi connectivity index (χ1v) is 7.53. The molecule has 0 bridgehead atoms. The highest BCUT2D eigenvalue weighted by Crippen LogP contribution is 2.25. The molecule has 1 amide bonds. The quantitative estimate of drug-likeness (QED) is 0.674. The zero-order valence-electron chi connectivity index (χ0n) is 10.9. The normalized spacial score (nSPS) is 10.2. The van der Waals surface area contributed by atoms with Crippen molar-refractivity contribution in [1.82, 2.24) is 4.98 Å². The van der Waals surface area contributed by atoms with Gasteiger partial charge in [-0.15, -0.1) is 11.3 Å². The number of thiophene rings is 1. The van der Waals surface area contributed by atoms with Gasteiger partial charge in [-0.2, -0.15) is 0 Å². The van der Waals surface area contributed by atoms with Gasteiger partial charge in [0.25, 0.3) is 5.91 Å². The Morgan fingerprint density at radius 3 is 2.86 bits per heavy atom. The molecule has 8 heteroatoms. The van der Waals surface area contributed by atoms with Gasteiger partial charge in [0.1, 0.15) is 10.2 Å². The molecular formula is C13H10Cl2N2O3S. The first-order chi connectivity index (χ1) is 10.0. The molecule has 0 saturated carbocycles. The highest BCUT2D eigenvalue weighted by Gasteiger charge is 2.17. The van der Waals surface area contributed by atoms with Gasteiger partial charge >= 0.3 is 5.97 Å². The molecule has 0 radical (unpaired) electrons. The minimum Gasteiger partial charge on any atom is -0.462 e. The first kappa shape index (κ1) is 15.8. The van der Waals surface area contributed by atoms with E-state index in [-0.39, 0.29) is 22.3 Å². The molecule has 0 aromatic carbocycles. The number of nitrogens with one attached hydrogen (secondary N) is 1. The summed E-state index contributed by atoms with van der Waals surface area (Å²) in [4.78, 5) is 27.6. The first-order valence-electron chi connectivity index (χ1n) is 5.90. The van der Waals surface area contributed by atoms with Crippen molar-refractivity contribution in [2.45, 2.75) is 6.92 Å². The fourth-order valence-electron chi connectivity index (χ4n) is 1.50. The molecule has 2 aromatic heterocycles. The highest BCUT2D eigenvalue weighted by molar-refractivity contribution is 7.14. The van der Waals surface area contributed by atoms with Gasteiger partial charge in [0.05, 0.1) is 22.8 Å². The number of pyridine rings is 1. The zero-order chi connectivity index (χ0) is 15.4. The third-order valence-electron chi connectivity index (χ3n) is 2.45. The van der Waals surface area contributed by atoms with E-state index in [2.05, 4.69) is 10.3 Å². The lowest BCUT2D eigenvalue weighted by atomic mass is 10.2. The number of hydrogen-bond acceptors (Lipinski definition) is 5. The maximum Gasteiger partial charge on any atom is 0.341 e. The lowest BCUT2D eigenvalue weighted by molar-refractivity contribution is 0.0528. The molecule has 1 N–H and O–H groups in total. The van der Waals surface area contributed by atoms with Gasteiger partial charge in [0.15, 0.2) is 0 Å². The fraction of sp³-hybridized carbons (Fsp3) is 0.154. The van der Waals surface area contributed by atoms with E-state index >= 15 is 0 Å². The van der Waals surface area contributed by atoms with E-state index in [0.29, 0.717) is 10.6 Å². The number of ether oxygens (including phenoxy) is 1. The second-order valence-electron chi connectivity index (χ2n) is 3.83. The average Bonchev–Trinajstić information content (AvgIpc) is 2.90. The largest absolute Gasteiger partial charge is 0.462 e. The molecule has 5 nitrogen and oxygen atoms in total. The van der Waals surface area contributed by atoms with Gasteiger partial charge in [-0.25, -0.2) is 9.78 Å². The molecule has 0 atom stereocenters. The van der Waals surface area contributed by atoms with Crippen molar-refractivity contribution in [3.63, 3.8) is 0 Å². The van der Waals surface area contributed by atoms with Crippen LogP contribution in [0.1, 0.15) is 27.6 Å². The lowest BCUT2D eigenvalue weighted by Gasteiger charge is -2.06. The van der Waals surface area contributed by atoms with E-state index in [1.165, 1.54) is 23.6 Å². The van der Waals surface area contributed by atoms with Crippen LogP contribution in [0.15, 0.2) is 23.7 Å². The van der Waals surface area contributed by atoms with Crippen molar-refractivity contribution in [2.24, 2.45) is 0 Å². The molecule has 0 aliphatic carbocycles. The van der Waals surface area contributed by atoms with Crippen LogP contribution < -0.4 is 5.32 Å². The molecule has 0 unspecified atom stereocenters. The second-order valence-corrected chi connectivity index (χ2v) is 5.52. The Bertz CT molecular complexity index is 688. The number of esters is 1. The third kappa shape index (κ3) is 3.72. The SMILES string of the molecule is CCOC(=O)c1ccsc1NC(=O)c1cnc(Cl)c(Cl)c1. The Morgan fingerprint density at radius 1 is 1.43 bits per heavy atom. The predicted molar refractivity (Wildman–Crippen MR) is 82.5 cm³/mol. The van der Waals surface area contributed by atoms with Crippen LogP contribution in [-0.2, 0) is 4.74 Å². The Kier molecular flexibility index (Phi) is 5.17. The minimum atomic E-state index is -0.485. The summed E-state index contributed by atoms with van der Waals surface area (Å²) in [6, 6.07) is 3.00. The highest BCUT2D eigenvalue weighted by atomic mass is 35.5. The van der Waals surface area contributed by atoms with Gasteiger partial charge in [0.2, 0.25) is 0 Å². The van der Waals surface area contributed by atoms with Gasteiger partial charge in [-0.1, -0.05) is 23.2 Å². The number of carbonyl (C=O) groups is 2. The number of rotatable bonds is 4. The van der Waals surface area contributed by atoms with E-state index in [1.54, 1.807) is 18.4 Å². The van der Waals surface area contributed by atoms with Crippen molar-refractivity contribution in [2.75, 3.05) is 11.9 Å². The van der Waals surface area contributed by atoms with Crippen molar-refractivity contribution >= 4 is 51.4 Å². The number of hydrogen-bond donors (Lipinski definition) is 1. The van der Waals surface area contributed by atoms with Gasteiger partial charge in [-0.05, 0) is 24.4 Å². The van der Waals surface area contributed by atoms with Crippen molar-refractivity contribution in [1.29, 1.82) is 0 Å². The Labute approximate surface area is 134 Å². The maximum absolute atomic E-state index is 12.1. The molecule has 0 aliphatic heterocycles. The molecule has 0 spiro atoms. The summed E-state index contributed by atoms with van der Waals surface area (Å²) in [6.45, 7) is 1.97. The zero-order valence-corrected chi connectivity index (χ0v) is 13.2. The van der Waals surface area contributed by atoms with Gasteiger partial charge in [0, 0.05) is 6.20 Å². The van der Waals surface area contributed by atoms with Crippen LogP contribution in [0.2, 0.25) is 10.2 Å². The Balaban J connectivity index is 2.18. The number of amides is 1. The lowest BCUT2D eigenvalue weighted by Crippen LogP contribution is -2.14. The standard InChI is InChI=1S/C13H10Cl2N2O3S/c1-2-20-13(19)8-3-4-21-12(8)17-11(18)7-5-9(14)10(15)16-6-7/h3-6H,2H2,1H3,(H,17,18). The van der Waals surface area contributed by atoms with E-state index in [1.807, 2.05) is 0 Å². The smallest absolute Gasteiger partial charge is 0.341 e. The van der Waals surface area contributed by atoms with Crippen LogP contribution in [0, 0.1) is 0 Å². The van der Waals surface area contributed by atoms with Crippen LogP contribution in [-0.4, -0.2) is 23.5 Å². The molecular weight excluding hydrogens is 335 g/mol. The number of carbonyl (C=O) groups excluding carboxylic acids is 2. The third-order valence-corrected chi connectivity index (χ3v) is 3.96. The average molecular weight is 345 g/mol. The molecule has 0 saturated heterocycles. The predicted octanol–water partition coefficient (Wildman–Crippen LogP) is 3.88. The fourth-order valence-corrected chi connectivity index (χ4v) is 2.54. The summed E-state index contributed by atoms with van der Waals surface area (Å²) in [6.07, 6.45) is 1.31. The van der Waals surface area contributed by atoms with Crippen LogP contribution in [0.4, 0.5) is 5.00 Å². The van der Waals surface area contributed by atoms with Gasteiger partial charge < -0.3 is 10.1 Å². The van der Waals surface area contributed by atoms with Crippen molar-refractivity contribution in [3.05, 3.63) is 45.0 Å². The number of halogens is 2. The van der Waals surface area contributed by atoms with Crippen molar-refractivity contribution in [3.8, 4) is 0 Å². The number of aromatic nitrogens is 1. The van der Waals surface area contributed by atoms with Crippen LogP contribution in [0.3, 0.4) is 0 Å². The number of anilines is 1. The summed E-state index contributed by atoms with van der Waals surface area (Å²) >= 11 is 12.7. The van der Waals surface area contributed by atoms with E-state index in [0.717, 1.165) is 0 Å². The van der Waals surface area contributed by atoms with E-state index < -0.39 is 11.9 Å². The summed E-state index contributed by atoms with van der Waals surface area (Å²) in [5.41, 5.74) is 0.552. The van der Waals surface area contributed by atoms with Crippen LogP contribution in [0.25, 0.3) is 0 Å². The summed E-state index contributed by atoms with van der Waals surface area (Å²) < 4.78 is 4.91. The minimum absolute atomic E-state index is 0.122. The van der Waals surface area contributed by atoms with Crippen LogP contribution >= 0.6 is 34.5 Å². The molecule has 2 heterocycles. The summed E-state index contributed by atoms with van der Waals surface area (Å²) in [5, 5.41) is 5.03. The molecule has 2 aromatic rings. The van der Waals surface area contributed by atoms with E-state index in [4.69, 9.17) is 27.9 Å². The second kappa shape index (κ2) is 6.89. The molecule has 21 heavy (non-hydrogen) atoms.